The molecule has 0 aliphatic heterocycles. The molecule has 2 amide bonds. The van der Waals surface area contributed by atoms with Crippen LogP contribution >= 0.6 is 0 Å². The summed E-state index contributed by atoms with van der Waals surface area (Å²) in [5.74, 6) is -1.06. The van der Waals surface area contributed by atoms with Crippen molar-refractivity contribution in [3.8, 4) is 0 Å². The van der Waals surface area contributed by atoms with Gasteiger partial charge < -0.3 is 10.4 Å². The number of nitrogens with one attached hydrogen (secondary N) is 1. The van der Waals surface area contributed by atoms with Crippen LogP contribution in [0.3, 0.4) is 0 Å². The van der Waals surface area contributed by atoms with Gasteiger partial charge in [-0.1, -0.05) is 18.2 Å². The van der Waals surface area contributed by atoms with E-state index < -0.39 is 25.0 Å². The monoisotopic (exact) mass is 286 g/mol. The van der Waals surface area contributed by atoms with Crippen molar-refractivity contribution in [2.45, 2.75) is 19.8 Å². The minimum Gasteiger partial charge on any atom is -0.481 e. The maximum atomic E-state index is 12.1. The zero-order chi connectivity index (χ0) is 15.1. The highest BCUT2D eigenvalue weighted by atomic mass is 19.3. The number of urea groups is 1. The third-order valence-corrected chi connectivity index (χ3v) is 2.61. The van der Waals surface area contributed by atoms with E-state index in [4.69, 9.17) is 5.11 Å². The molecule has 7 heteroatoms. The minimum atomic E-state index is -2.66. The molecule has 0 aliphatic carbocycles. The first-order valence-corrected chi connectivity index (χ1v) is 6.02. The van der Waals surface area contributed by atoms with Crippen LogP contribution in [-0.2, 0) is 4.79 Å². The van der Waals surface area contributed by atoms with Gasteiger partial charge in [0, 0.05) is 12.2 Å². The van der Waals surface area contributed by atoms with Crippen LogP contribution in [0.2, 0.25) is 0 Å². The van der Waals surface area contributed by atoms with E-state index in [2.05, 4.69) is 5.32 Å². The van der Waals surface area contributed by atoms with Crippen molar-refractivity contribution in [3.63, 3.8) is 0 Å². The highest BCUT2D eigenvalue weighted by Gasteiger charge is 2.19. The van der Waals surface area contributed by atoms with Gasteiger partial charge in [0.05, 0.1) is 13.0 Å². The number of hydrogen-bond donors (Lipinski definition) is 2. The Bertz CT molecular complexity index is 480. The van der Waals surface area contributed by atoms with Crippen molar-refractivity contribution in [1.29, 1.82) is 0 Å². The van der Waals surface area contributed by atoms with Gasteiger partial charge in [-0.15, -0.1) is 0 Å². The lowest BCUT2D eigenvalue weighted by Gasteiger charge is -2.24. The molecule has 0 aromatic heterocycles. The fourth-order valence-electron chi connectivity index (χ4n) is 1.67. The van der Waals surface area contributed by atoms with E-state index in [1.54, 1.807) is 31.2 Å². The lowest BCUT2D eigenvalue weighted by Crippen LogP contribution is -2.43. The molecule has 20 heavy (non-hydrogen) atoms. The molecular formula is C13H16F2N2O3. The van der Waals surface area contributed by atoms with Crippen molar-refractivity contribution < 1.29 is 23.5 Å². The zero-order valence-corrected chi connectivity index (χ0v) is 11.0. The number of nitrogens with zero attached hydrogens (tertiary/aromatic N) is 1. The van der Waals surface area contributed by atoms with Crippen LogP contribution < -0.4 is 10.2 Å². The second kappa shape index (κ2) is 7.42. The van der Waals surface area contributed by atoms with E-state index in [0.717, 1.165) is 10.5 Å². The van der Waals surface area contributed by atoms with Crippen LogP contribution in [0.1, 0.15) is 12.0 Å². The molecule has 110 valence electrons. The van der Waals surface area contributed by atoms with E-state index in [9.17, 15) is 18.4 Å². The summed E-state index contributed by atoms with van der Waals surface area (Å²) in [7, 11) is 0. The molecule has 0 saturated carbocycles. The Balaban J connectivity index is 2.87. The first kappa shape index (κ1) is 15.9. The molecule has 0 heterocycles. The predicted molar refractivity (Wildman–Crippen MR) is 70.2 cm³/mol. The number of anilines is 1. The quantitative estimate of drug-likeness (QED) is 0.842. The fourth-order valence-corrected chi connectivity index (χ4v) is 1.67. The van der Waals surface area contributed by atoms with Crippen molar-refractivity contribution in [1.82, 2.24) is 5.32 Å². The topological polar surface area (TPSA) is 69.6 Å². The van der Waals surface area contributed by atoms with Crippen LogP contribution in [0.4, 0.5) is 19.3 Å². The summed E-state index contributed by atoms with van der Waals surface area (Å²) in [6.45, 7) is 0.896. The molecule has 1 aromatic rings. The van der Waals surface area contributed by atoms with Gasteiger partial charge >= 0.3 is 12.0 Å². The van der Waals surface area contributed by atoms with E-state index >= 15 is 0 Å². The second-order valence-corrected chi connectivity index (χ2v) is 4.16. The number of halogens is 2. The van der Waals surface area contributed by atoms with Gasteiger partial charge in [-0.2, -0.15) is 0 Å². The number of carboxylic acids is 1. The van der Waals surface area contributed by atoms with Gasteiger partial charge in [0.15, 0.2) is 0 Å². The van der Waals surface area contributed by atoms with E-state index in [-0.39, 0.29) is 13.0 Å². The van der Waals surface area contributed by atoms with Gasteiger partial charge in [0.25, 0.3) is 6.43 Å². The smallest absolute Gasteiger partial charge is 0.322 e. The summed E-state index contributed by atoms with van der Waals surface area (Å²) in [6.07, 6.45) is -2.92. The fraction of sp³-hybridized carbons (Fsp3) is 0.385. The number of aryl methyl sites for hydroxylation is 1. The molecule has 0 aliphatic rings. The van der Waals surface area contributed by atoms with E-state index in [1.165, 1.54) is 0 Å². The molecule has 5 nitrogen and oxygen atoms in total. The highest BCUT2D eigenvalue weighted by Crippen LogP contribution is 2.19. The molecule has 2 N–H and O–H groups in total. The maximum absolute atomic E-state index is 12.1. The molecule has 1 rings (SSSR count). The zero-order valence-electron chi connectivity index (χ0n) is 11.0. The summed E-state index contributed by atoms with van der Waals surface area (Å²) in [6, 6.07) is 6.12. The first-order chi connectivity index (χ1) is 9.41. The summed E-state index contributed by atoms with van der Waals surface area (Å²) in [5, 5.41) is 10.8. The van der Waals surface area contributed by atoms with E-state index in [1.807, 2.05) is 0 Å². The number of aliphatic carboxylic acids is 1. The molecule has 1 aromatic carbocycles. The molecule has 0 saturated heterocycles. The van der Waals surface area contributed by atoms with Gasteiger partial charge in [-0.05, 0) is 18.6 Å². The number of benzene rings is 1. The number of carbonyl (C=O) groups is 2. The maximum Gasteiger partial charge on any atom is 0.322 e. The van der Waals surface area contributed by atoms with Gasteiger partial charge in [0.1, 0.15) is 0 Å². The van der Waals surface area contributed by atoms with Gasteiger partial charge in [-0.25, -0.2) is 13.6 Å². The summed E-state index contributed by atoms with van der Waals surface area (Å²) in [4.78, 5) is 23.7. The van der Waals surface area contributed by atoms with Gasteiger partial charge in [-0.3, -0.25) is 9.69 Å². The first-order valence-electron chi connectivity index (χ1n) is 6.02. The average Bonchev–Trinajstić information content (AvgIpc) is 2.38. The number of hydrogen-bond acceptors (Lipinski definition) is 2. The van der Waals surface area contributed by atoms with Crippen LogP contribution in [0, 0.1) is 6.92 Å². The molecule has 0 spiro atoms. The predicted octanol–water partition coefficient (Wildman–Crippen LogP) is 2.25. The largest absolute Gasteiger partial charge is 0.481 e. The normalized spacial score (nSPS) is 10.4. The molecule has 0 unspecified atom stereocenters. The Hall–Kier alpha value is -2.18. The lowest BCUT2D eigenvalue weighted by molar-refractivity contribution is -0.136. The molecule has 0 atom stereocenters. The second-order valence-electron chi connectivity index (χ2n) is 4.16. The Morgan fingerprint density at radius 2 is 2.00 bits per heavy atom. The van der Waals surface area contributed by atoms with E-state index in [0.29, 0.717) is 5.69 Å². The van der Waals surface area contributed by atoms with Crippen molar-refractivity contribution in [2.75, 3.05) is 18.0 Å². The number of amides is 2. The van der Waals surface area contributed by atoms with Crippen LogP contribution in [0.25, 0.3) is 0 Å². The number of para-hydroxylation sites is 1. The highest BCUT2D eigenvalue weighted by molar-refractivity contribution is 5.93. The van der Waals surface area contributed by atoms with Crippen molar-refractivity contribution in [2.24, 2.45) is 0 Å². The summed E-state index contributed by atoms with van der Waals surface area (Å²) >= 11 is 0. The Labute approximate surface area is 115 Å². The number of rotatable bonds is 6. The number of carbonyl (C=O) groups excluding carboxylic acids is 1. The molecule has 0 radical (unpaired) electrons. The van der Waals surface area contributed by atoms with Crippen molar-refractivity contribution >= 4 is 17.7 Å². The molecular weight excluding hydrogens is 270 g/mol. The summed E-state index contributed by atoms with van der Waals surface area (Å²) < 4.78 is 24.3. The van der Waals surface area contributed by atoms with Gasteiger partial charge in [0.2, 0.25) is 0 Å². The number of carboxylic acid groups (broad SMARTS) is 1. The SMILES string of the molecule is Cc1ccccc1N(CCC(=O)O)C(=O)NCC(F)F. The Morgan fingerprint density at radius 3 is 2.55 bits per heavy atom. The Morgan fingerprint density at radius 1 is 1.35 bits per heavy atom. The Kier molecular flexibility index (Phi) is 5.89. The van der Waals surface area contributed by atoms with Crippen molar-refractivity contribution in [3.05, 3.63) is 29.8 Å². The third kappa shape index (κ3) is 4.83. The molecule has 0 fully saturated rings. The standard InChI is InChI=1S/C13H16F2N2O3/c1-9-4-2-3-5-10(9)17(7-6-12(18)19)13(20)16-8-11(14)15/h2-5,11H,6-8H2,1H3,(H,16,20)(H,18,19). The van der Waals surface area contributed by atoms with Crippen LogP contribution in [0.15, 0.2) is 24.3 Å². The average molecular weight is 286 g/mol. The molecule has 0 bridgehead atoms. The summed E-state index contributed by atoms with van der Waals surface area (Å²) in [5.41, 5.74) is 1.26. The minimum absolute atomic E-state index is 0.0880. The lowest BCUT2D eigenvalue weighted by atomic mass is 10.2. The number of alkyl halides is 2. The van der Waals surface area contributed by atoms with Crippen LogP contribution in [-0.4, -0.2) is 36.6 Å². The third-order valence-electron chi connectivity index (χ3n) is 2.61. The van der Waals surface area contributed by atoms with Crippen LogP contribution in [0.5, 0.6) is 0 Å².